The molecule has 0 aromatic heterocycles. The van der Waals surface area contributed by atoms with Crippen molar-refractivity contribution in [1.82, 2.24) is 5.32 Å². The Morgan fingerprint density at radius 2 is 1.70 bits per heavy atom. The van der Waals surface area contributed by atoms with Gasteiger partial charge in [0.15, 0.2) is 0 Å². The lowest BCUT2D eigenvalue weighted by Crippen LogP contribution is -2.49. The van der Waals surface area contributed by atoms with Crippen LogP contribution in [-0.2, 0) is 8.85 Å². The molecule has 2 aliphatic rings. The minimum absolute atomic E-state index is 0.589. The normalized spacial score (nSPS) is 29.6. The summed E-state index contributed by atoms with van der Waals surface area (Å²) in [6.07, 6.45) is 7.40. The van der Waals surface area contributed by atoms with Gasteiger partial charge >= 0.3 is 10.0 Å². The van der Waals surface area contributed by atoms with E-state index in [9.17, 15) is 0 Å². The molecule has 0 spiro atoms. The Balaban J connectivity index is 0.000000246. The SMILES string of the molecule is CC(C)C1NCCC2CCCCC21.CCO[SiH2]OCC. The number of hydrogen-bond acceptors (Lipinski definition) is 3. The molecule has 4 heteroatoms. The van der Waals surface area contributed by atoms with Crippen molar-refractivity contribution >= 4 is 10.0 Å². The molecule has 1 saturated carbocycles. The predicted molar refractivity (Wildman–Crippen MR) is 88.5 cm³/mol. The number of piperidine rings is 1. The number of nitrogens with one attached hydrogen (secondary N) is 1. The zero-order chi connectivity index (χ0) is 14.8. The van der Waals surface area contributed by atoms with E-state index < -0.39 is 10.0 Å². The van der Waals surface area contributed by atoms with Gasteiger partial charge in [-0.05, 0) is 51.0 Å². The molecule has 2 rings (SSSR count). The van der Waals surface area contributed by atoms with Crippen LogP contribution in [0.2, 0.25) is 0 Å². The molecule has 1 aliphatic carbocycles. The molecule has 1 N–H and O–H groups in total. The molecule has 3 atom stereocenters. The molecule has 0 amide bonds. The van der Waals surface area contributed by atoms with Crippen LogP contribution in [0.3, 0.4) is 0 Å². The zero-order valence-electron chi connectivity index (χ0n) is 14.0. The largest absolute Gasteiger partial charge is 0.399 e. The monoisotopic (exact) mass is 301 g/mol. The van der Waals surface area contributed by atoms with Crippen LogP contribution in [0.1, 0.15) is 59.8 Å². The molecule has 20 heavy (non-hydrogen) atoms. The van der Waals surface area contributed by atoms with E-state index in [2.05, 4.69) is 19.2 Å². The molecular formula is C16H35NO2Si. The topological polar surface area (TPSA) is 30.5 Å². The molecule has 1 aliphatic heterocycles. The summed E-state index contributed by atoms with van der Waals surface area (Å²) in [7, 11) is -0.589. The average Bonchev–Trinajstić information content (AvgIpc) is 2.48. The van der Waals surface area contributed by atoms with Gasteiger partial charge in [0, 0.05) is 19.3 Å². The quantitative estimate of drug-likeness (QED) is 0.626. The van der Waals surface area contributed by atoms with E-state index in [4.69, 9.17) is 8.85 Å². The lowest BCUT2D eigenvalue weighted by molar-refractivity contribution is 0.109. The van der Waals surface area contributed by atoms with Crippen LogP contribution < -0.4 is 5.32 Å². The fourth-order valence-electron chi connectivity index (χ4n) is 3.61. The van der Waals surface area contributed by atoms with Crippen LogP contribution in [0.5, 0.6) is 0 Å². The van der Waals surface area contributed by atoms with E-state index in [0.29, 0.717) is 0 Å². The summed E-state index contributed by atoms with van der Waals surface area (Å²) >= 11 is 0. The molecule has 120 valence electrons. The summed E-state index contributed by atoms with van der Waals surface area (Å²) in [6, 6.07) is 0.819. The Morgan fingerprint density at radius 1 is 1.05 bits per heavy atom. The van der Waals surface area contributed by atoms with E-state index in [1.165, 1.54) is 38.6 Å². The van der Waals surface area contributed by atoms with Gasteiger partial charge in [0.25, 0.3) is 0 Å². The van der Waals surface area contributed by atoms with Gasteiger partial charge in [0.2, 0.25) is 0 Å². The van der Waals surface area contributed by atoms with Crippen molar-refractivity contribution in [1.29, 1.82) is 0 Å². The third-order valence-corrected chi connectivity index (χ3v) is 5.77. The molecule has 3 nitrogen and oxygen atoms in total. The highest BCUT2D eigenvalue weighted by Gasteiger charge is 2.35. The molecule has 3 unspecified atom stereocenters. The molecule has 0 aromatic rings. The van der Waals surface area contributed by atoms with Gasteiger partial charge in [-0.2, -0.15) is 0 Å². The number of hydrogen-bond donors (Lipinski definition) is 1. The fourth-order valence-corrected chi connectivity index (χ4v) is 4.06. The van der Waals surface area contributed by atoms with E-state index in [1.807, 2.05) is 13.8 Å². The van der Waals surface area contributed by atoms with Crippen molar-refractivity contribution in [3.05, 3.63) is 0 Å². The van der Waals surface area contributed by atoms with Gasteiger partial charge in [-0.3, -0.25) is 0 Å². The van der Waals surface area contributed by atoms with Crippen molar-refractivity contribution in [3.8, 4) is 0 Å². The molecule has 2 fully saturated rings. The highest BCUT2D eigenvalue weighted by atomic mass is 28.3. The lowest BCUT2D eigenvalue weighted by atomic mass is 9.69. The molecule has 0 radical (unpaired) electrons. The van der Waals surface area contributed by atoms with Crippen molar-refractivity contribution < 1.29 is 8.85 Å². The van der Waals surface area contributed by atoms with Gasteiger partial charge in [-0.25, -0.2) is 0 Å². The summed E-state index contributed by atoms with van der Waals surface area (Å²) in [5, 5.41) is 3.72. The standard InChI is InChI=1S/C12H23N.C4H12O2Si/c1-9(2)12-11-6-4-3-5-10(11)7-8-13-12;1-3-5-7-6-4-2/h9-13H,3-8H2,1-2H3;3-4,7H2,1-2H3. The second-order valence-electron chi connectivity index (χ2n) is 6.32. The first-order valence-electron chi connectivity index (χ1n) is 8.59. The molecular weight excluding hydrogens is 266 g/mol. The Morgan fingerprint density at radius 3 is 2.30 bits per heavy atom. The van der Waals surface area contributed by atoms with Gasteiger partial charge < -0.3 is 14.2 Å². The van der Waals surface area contributed by atoms with E-state index >= 15 is 0 Å². The molecule has 1 heterocycles. The van der Waals surface area contributed by atoms with Gasteiger partial charge in [-0.1, -0.05) is 33.1 Å². The summed E-state index contributed by atoms with van der Waals surface area (Å²) in [4.78, 5) is 0. The average molecular weight is 302 g/mol. The summed E-state index contributed by atoms with van der Waals surface area (Å²) in [5.41, 5.74) is 0. The summed E-state index contributed by atoms with van der Waals surface area (Å²) < 4.78 is 9.98. The third-order valence-electron chi connectivity index (χ3n) is 4.62. The first kappa shape index (κ1) is 18.1. The van der Waals surface area contributed by atoms with Gasteiger partial charge in [0.05, 0.1) is 0 Å². The highest BCUT2D eigenvalue weighted by molar-refractivity contribution is 6.17. The molecule has 1 saturated heterocycles. The maximum Gasteiger partial charge on any atom is 0.304 e. The summed E-state index contributed by atoms with van der Waals surface area (Å²) in [5.74, 6) is 2.88. The van der Waals surface area contributed by atoms with Crippen LogP contribution in [0, 0.1) is 17.8 Å². The van der Waals surface area contributed by atoms with Crippen molar-refractivity contribution in [2.24, 2.45) is 17.8 Å². The smallest absolute Gasteiger partial charge is 0.304 e. The first-order valence-corrected chi connectivity index (χ1v) is 9.75. The van der Waals surface area contributed by atoms with Crippen LogP contribution in [0.15, 0.2) is 0 Å². The van der Waals surface area contributed by atoms with E-state index in [1.54, 1.807) is 0 Å². The van der Waals surface area contributed by atoms with Gasteiger partial charge in [0.1, 0.15) is 0 Å². The Labute approximate surface area is 128 Å². The number of rotatable bonds is 5. The second-order valence-corrected chi connectivity index (χ2v) is 7.38. The van der Waals surface area contributed by atoms with Crippen LogP contribution in [-0.4, -0.2) is 35.8 Å². The number of fused-ring (bicyclic) bond motifs is 1. The maximum absolute atomic E-state index is 4.99. The highest BCUT2D eigenvalue weighted by Crippen LogP contribution is 2.38. The van der Waals surface area contributed by atoms with E-state index in [-0.39, 0.29) is 0 Å². The van der Waals surface area contributed by atoms with Crippen LogP contribution >= 0.6 is 0 Å². The molecule has 0 aromatic carbocycles. The van der Waals surface area contributed by atoms with E-state index in [0.717, 1.165) is 37.0 Å². The maximum atomic E-state index is 4.99. The Hall–Kier alpha value is 0.0969. The second kappa shape index (κ2) is 10.8. The Bertz CT molecular complexity index is 233. The van der Waals surface area contributed by atoms with Gasteiger partial charge in [-0.15, -0.1) is 0 Å². The zero-order valence-corrected chi connectivity index (χ0v) is 15.4. The molecule has 0 bridgehead atoms. The van der Waals surface area contributed by atoms with Crippen molar-refractivity contribution in [3.63, 3.8) is 0 Å². The predicted octanol–water partition coefficient (Wildman–Crippen LogP) is 2.87. The lowest BCUT2D eigenvalue weighted by Gasteiger charge is -2.43. The first-order chi connectivity index (χ1) is 9.70. The minimum Gasteiger partial charge on any atom is -0.399 e. The summed E-state index contributed by atoms with van der Waals surface area (Å²) in [6.45, 7) is 11.6. The Kier molecular flexibility index (Phi) is 9.77. The minimum atomic E-state index is -0.589. The van der Waals surface area contributed by atoms with Crippen LogP contribution in [0.4, 0.5) is 0 Å². The van der Waals surface area contributed by atoms with Crippen molar-refractivity contribution in [2.45, 2.75) is 65.8 Å². The fraction of sp³-hybridized carbons (Fsp3) is 1.00. The third kappa shape index (κ3) is 6.25. The van der Waals surface area contributed by atoms with Crippen molar-refractivity contribution in [2.75, 3.05) is 19.8 Å². The van der Waals surface area contributed by atoms with Crippen LogP contribution in [0.25, 0.3) is 0 Å².